The van der Waals surface area contributed by atoms with Gasteiger partial charge in [-0.1, -0.05) is 25.7 Å². The third-order valence-corrected chi connectivity index (χ3v) is 3.70. The quantitative estimate of drug-likeness (QED) is 0.496. The summed E-state index contributed by atoms with van der Waals surface area (Å²) < 4.78 is 0. The summed E-state index contributed by atoms with van der Waals surface area (Å²) in [5.41, 5.74) is 0.0495. The number of carbonyl (C=O) groups is 3. The van der Waals surface area contributed by atoms with Crippen LogP contribution in [-0.2, 0) is 9.59 Å². The van der Waals surface area contributed by atoms with E-state index in [-0.39, 0.29) is 24.0 Å². The van der Waals surface area contributed by atoms with Gasteiger partial charge in [-0.25, -0.2) is 4.79 Å². The van der Waals surface area contributed by atoms with Crippen LogP contribution in [0.4, 0.5) is 5.69 Å². The van der Waals surface area contributed by atoms with Crippen LogP contribution in [0, 0.1) is 5.41 Å². The van der Waals surface area contributed by atoms with E-state index in [1.165, 1.54) is 18.3 Å². The predicted molar refractivity (Wildman–Crippen MR) is 86.2 cm³/mol. The summed E-state index contributed by atoms with van der Waals surface area (Å²) in [6.45, 7) is 3.64. The molecule has 24 heavy (non-hydrogen) atoms. The molecule has 1 saturated carbocycles. The number of ketones is 2. The second-order valence-electron chi connectivity index (χ2n) is 6.46. The van der Waals surface area contributed by atoms with Gasteiger partial charge in [0, 0.05) is 24.7 Å². The number of hydrogen-bond donors (Lipinski definition) is 2. The van der Waals surface area contributed by atoms with Gasteiger partial charge in [0.15, 0.2) is 11.6 Å². The number of allylic oxidation sites excluding steroid dienone is 2. The minimum atomic E-state index is -1.03. The number of nitrogens with one attached hydrogen (secondary N) is 1. The number of carboxylic acids is 1. The van der Waals surface area contributed by atoms with Crippen molar-refractivity contribution in [3.8, 4) is 0 Å². The first-order chi connectivity index (χ1) is 11.2. The average Bonchev–Trinajstić information content (AvgIpc) is 2.45. The highest BCUT2D eigenvalue weighted by atomic mass is 16.4. The molecule has 0 bridgehead atoms. The van der Waals surface area contributed by atoms with Crippen molar-refractivity contribution >= 4 is 23.2 Å². The molecule has 0 saturated heterocycles. The molecule has 2 N–H and O–H groups in total. The summed E-state index contributed by atoms with van der Waals surface area (Å²) in [6, 6.07) is 5.94. The van der Waals surface area contributed by atoms with Crippen molar-refractivity contribution < 1.29 is 24.6 Å². The lowest BCUT2D eigenvalue weighted by Gasteiger charge is -2.30. The molecule has 0 spiro atoms. The Bertz CT molecular complexity index is 719. The van der Waals surface area contributed by atoms with Gasteiger partial charge in [0.2, 0.25) is 0 Å². The van der Waals surface area contributed by atoms with Gasteiger partial charge < -0.3 is 15.5 Å². The van der Waals surface area contributed by atoms with Gasteiger partial charge in [0.25, 0.3) is 0 Å². The first-order valence-electron chi connectivity index (χ1n) is 7.44. The van der Waals surface area contributed by atoms with Crippen molar-refractivity contribution in [3.05, 3.63) is 53.4 Å². The van der Waals surface area contributed by atoms with Gasteiger partial charge in [-0.05, 0) is 29.7 Å². The number of rotatable bonds is 4. The fourth-order valence-corrected chi connectivity index (χ4v) is 2.54. The normalized spacial score (nSPS) is 17.2. The Hall–Kier alpha value is -2.89. The molecular formula is C18H18NO5-. The van der Waals surface area contributed by atoms with E-state index in [2.05, 4.69) is 5.32 Å². The molecular weight excluding hydrogens is 310 g/mol. The van der Waals surface area contributed by atoms with Crippen LogP contribution >= 0.6 is 0 Å². The molecule has 0 unspecified atom stereocenters. The number of carbonyl (C=O) groups excluding carboxylic acids is 2. The molecule has 0 aliphatic heterocycles. The first-order valence-corrected chi connectivity index (χ1v) is 7.44. The lowest BCUT2D eigenvalue weighted by molar-refractivity contribution is -0.296. The van der Waals surface area contributed by atoms with Crippen LogP contribution in [0.15, 0.2) is 47.9 Å². The molecule has 126 valence electrons. The minimum Gasteiger partial charge on any atom is -0.872 e. The topological polar surface area (TPSA) is 107 Å². The molecule has 0 radical (unpaired) electrons. The Morgan fingerprint density at radius 2 is 1.71 bits per heavy atom. The minimum absolute atomic E-state index is 0.150. The molecule has 1 aromatic carbocycles. The SMILES string of the molecule is CC1(C)CC(=O)C(=C([O-])C=CNc2ccc(C(=O)O)cc2)C(=O)C1. The van der Waals surface area contributed by atoms with Crippen LogP contribution in [0.2, 0.25) is 0 Å². The van der Waals surface area contributed by atoms with Crippen molar-refractivity contribution in [2.45, 2.75) is 26.7 Å². The van der Waals surface area contributed by atoms with Gasteiger partial charge in [-0.2, -0.15) is 0 Å². The number of Topliss-reactive ketones (excluding diaryl/α,β-unsaturated/α-hetero) is 2. The zero-order chi connectivity index (χ0) is 17.9. The molecule has 0 aromatic heterocycles. The lowest BCUT2D eigenvalue weighted by atomic mass is 9.74. The van der Waals surface area contributed by atoms with E-state index < -0.39 is 28.7 Å². The van der Waals surface area contributed by atoms with E-state index in [0.717, 1.165) is 6.08 Å². The summed E-state index contributed by atoms with van der Waals surface area (Å²) in [5.74, 6) is -2.48. The monoisotopic (exact) mass is 328 g/mol. The molecule has 0 atom stereocenters. The van der Waals surface area contributed by atoms with Crippen LogP contribution in [0.25, 0.3) is 0 Å². The zero-order valence-electron chi connectivity index (χ0n) is 13.5. The summed E-state index contributed by atoms with van der Waals surface area (Å²) in [4.78, 5) is 34.8. The van der Waals surface area contributed by atoms with Crippen molar-refractivity contribution in [2.75, 3.05) is 5.32 Å². The van der Waals surface area contributed by atoms with Crippen molar-refractivity contribution in [1.29, 1.82) is 0 Å². The summed E-state index contributed by atoms with van der Waals surface area (Å²) in [6.07, 6.45) is 2.81. The molecule has 1 fully saturated rings. The second-order valence-corrected chi connectivity index (χ2v) is 6.46. The number of hydrogen-bond acceptors (Lipinski definition) is 5. The molecule has 0 heterocycles. The maximum atomic E-state index is 12.1. The van der Waals surface area contributed by atoms with Crippen LogP contribution in [-0.4, -0.2) is 22.6 Å². The summed E-state index contributed by atoms with van der Waals surface area (Å²) >= 11 is 0. The maximum absolute atomic E-state index is 12.1. The van der Waals surface area contributed by atoms with Crippen molar-refractivity contribution in [1.82, 2.24) is 0 Å². The predicted octanol–water partition coefficient (Wildman–Crippen LogP) is 1.88. The molecule has 1 aliphatic carbocycles. The highest BCUT2D eigenvalue weighted by Crippen LogP contribution is 2.34. The van der Waals surface area contributed by atoms with Crippen molar-refractivity contribution in [2.24, 2.45) is 5.41 Å². The van der Waals surface area contributed by atoms with Gasteiger partial charge in [-0.3, -0.25) is 9.59 Å². The van der Waals surface area contributed by atoms with Crippen molar-refractivity contribution in [3.63, 3.8) is 0 Å². The van der Waals surface area contributed by atoms with Crippen LogP contribution in [0.1, 0.15) is 37.0 Å². The fourth-order valence-electron chi connectivity index (χ4n) is 2.54. The van der Waals surface area contributed by atoms with Crippen LogP contribution in [0.3, 0.4) is 0 Å². The van der Waals surface area contributed by atoms with Crippen LogP contribution in [0.5, 0.6) is 0 Å². The molecule has 1 aromatic rings. The van der Waals surface area contributed by atoms with E-state index >= 15 is 0 Å². The molecule has 2 rings (SSSR count). The van der Waals surface area contributed by atoms with E-state index in [0.29, 0.717) is 5.69 Å². The first kappa shape index (κ1) is 17.5. The Kier molecular flexibility index (Phi) is 4.87. The Labute approximate surface area is 139 Å². The molecule has 6 nitrogen and oxygen atoms in total. The Morgan fingerprint density at radius 3 is 2.21 bits per heavy atom. The lowest BCUT2D eigenvalue weighted by Crippen LogP contribution is -2.33. The fraction of sp³-hybridized carbons (Fsp3) is 0.278. The molecule has 0 amide bonds. The average molecular weight is 328 g/mol. The smallest absolute Gasteiger partial charge is 0.335 e. The van der Waals surface area contributed by atoms with Gasteiger partial charge in [0.1, 0.15) is 0 Å². The number of aromatic carboxylic acids is 1. The van der Waals surface area contributed by atoms with E-state index in [4.69, 9.17) is 5.11 Å². The van der Waals surface area contributed by atoms with Gasteiger partial charge in [-0.15, -0.1) is 0 Å². The zero-order valence-corrected chi connectivity index (χ0v) is 13.5. The third-order valence-electron chi connectivity index (χ3n) is 3.70. The summed E-state index contributed by atoms with van der Waals surface area (Å²) in [5, 5.41) is 23.7. The largest absolute Gasteiger partial charge is 0.872 e. The highest BCUT2D eigenvalue weighted by molar-refractivity contribution is 6.22. The maximum Gasteiger partial charge on any atom is 0.335 e. The number of benzene rings is 1. The van der Waals surface area contributed by atoms with Gasteiger partial charge >= 0.3 is 5.97 Å². The van der Waals surface area contributed by atoms with Crippen LogP contribution < -0.4 is 10.4 Å². The number of carboxylic acid groups (broad SMARTS) is 1. The van der Waals surface area contributed by atoms with E-state index in [9.17, 15) is 19.5 Å². The summed E-state index contributed by atoms with van der Waals surface area (Å²) in [7, 11) is 0. The second kappa shape index (κ2) is 6.70. The van der Waals surface area contributed by atoms with Gasteiger partial charge in [0.05, 0.1) is 11.1 Å². The van der Waals surface area contributed by atoms with E-state index in [1.807, 2.05) is 13.8 Å². The molecule has 1 aliphatic rings. The Morgan fingerprint density at radius 1 is 1.17 bits per heavy atom. The standard InChI is InChI=1S/C18H19NO5/c1-18(2)9-14(21)16(15(22)10-18)13(20)7-8-19-12-5-3-11(4-6-12)17(23)24/h3-8,19-20H,9-10H2,1-2H3,(H,23,24)/p-1. The highest BCUT2D eigenvalue weighted by Gasteiger charge is 2.35. The number of anilines is 1. The van der Waals surface area contributed by atoms with E-state index in [1.54, 1.807) is 12.1 Å². The third kappa shape index (κ3) is 4.10. The molecule has 6 heteroatoms. The Balaban J connectivity index is 2.09.